The molecule has 34 valence electrons. The minimum atomic E-state index is -0.833. The Morgan fingerprint density at radius 3 is 2.17 bits per heavy atom. The first-order chi connectivity index (χ1) is 3.15. The summed E-state index contributed by atoms with van der Waals surface area (Å²) in [6, 6.07) is 0. The Kier molecular flexibility index (Phi) is 7.53. The second-order valence-corrected chi connectivity index (χ2v) is 0.519. The van der Waals surface area contributed by atoms with Gasteiger partial charge in [-0.15, -0.1) is 12.8 Å². The van der Waals surface area contributed by atoms with Crippen LogP contribution in [0.4, 0.5) is 0 Å². The first-order valence-electron chi connectivity index (χ1n) is 1.72. The van der Waals surface area contributed by atoms with Gasteiger partial charge in [-0.25, -0.2) is 0 Å². The summed E-state index contributed by atoms with van der Waals surface area (Å²) in [5.74, 6) is -0.833. The Bertz CT molecular complexity index is 78.2. The molecule has 0 heterocycles. The average Bonchev–Trinajstić information content (AvgIpc) is 1.33. The van der Waals surface area contributed by atoms with Gasteiger partial charge in [0.05, 0.1) is 0 Å². The second-order valence-electron chi connectivity index (χ2n) is 0.519. The van der Waals surface area contributed by atoms with Crippen LogP contribution in [0.25, 0.3) is 0 Å². The minimum Gasteiger partial charge on any atom is -0.481 e. The summed E-state index contributed by atoms with van der Waals surface area (Å²) in [4.78, 5) is 9.00. The Labute approximate surface area is 38.2 Å². The van der Waals surface area contributed by atoms with Crippen molar-refractivity contribution in [3.05, 3.63) is 0 Å². The summed E-state index contributed by atoms with van der Waals surface area (Å²) in [6.45, 7) is 1.08. The molecule has 0 aliphatic carbocycles. The molecule has 6 heavy (non-hydrogen) atoms. The Morgan fingerprint density at radius 2 is 2.17 bits per heavy atom. The zero-order valence-corrected chi connectivity index (χ0v) is 3.43. The summed E-state index contributed by atoms with van der Waals surface area (Å²) >= 11 is 0. The molecular weight excluding hydrogens is 80.0 g/mol. The third-order valence-corrected chi connectivity index (χ3v) is 0. The lowest BCUT2D eigenvalue weighted by Crippen LogP contribution is -1.78. The molecule has 0 aromatic carbocycles. The molecule has 0 aliphatic rings. The van der Waals surface area contributed by atoms with Crippen molar-refractivity contribution in [2.24, 2.45) is 0 Å². The lowest BCUT2D eigenvalue weighted by atomic mass is 10.9. The van der Waals surface area contributed by atoms with Gasteiger partial charge in [-0.1, -0.05) is 0 Å². The SMILES string of the molecule is CC(=O)O.[2H]C#C. The van der Waals surface area contributed by atoms with Crippen molar-refractivity contribution < 1.29 is 11.3 Å². The molecule has 0 amide bonds. The first kappa shape index (κ1) is 5.03. The summed E-state index contributed by atoms with van der Waals surface area (Å²) in [7, 11) is 0. The highest BCUT2D eigenvalue weighted by molar-refractivity contribution is 5.62. The molecular formula is C4H6O2. The fraction of sp³-hybridized carbons (Fsp3) is 0.250. The van der Waals surface area contributed by atoms with Crippen LogP contribution in [0, 0.1) is 12.8 Å². The van der Waals surface area contributed by atoms with Crippen LogP contribution in [0.3, 0.4) is 0 Å². The van der Waals surface area contributed by atoms with Gasteiger partial charge in [-0.05, 0) is 0 Å². The van der Waals surface area contributed by atoms with Gasteiger partial charge in [-0.3, -0.25) is 4.79 Å². The molecule has 0 bridgehead atoms. The molecule has 0 aliphatic heterocycles. The number of hydrogen-bond acceptors (Lipinski definition) is 1. The zero-order chi connectivity index (χ0) is 6.28. The van der Waals surface area contributed by atoms with Crippen molar-refractivity contribution in [2.75, 3.05) is 0 Å². The van der Waals surface area contributed by atoms with E-state index in [1.807, 2.05) is 0 Å². The predicted molar refractivity (Wildman–Crippen MR) is 23.2 cm³/mol. The van der Waals surface area contributed by atoms with Gasteiger partial charge >= 0.3 is 0 Å². The fourth-order valence-corrected chi connectivity index (χ4v) is 0. The van der Waals surface area contributed by atoms with Gasteiger partial charge in [0.1, 0.15) is 1.37 Å². The van der Waals surface area contributed by atoms with E-state index < -0.39 is 5.97 Å². The molecule has 0 unspecified atom stereocenters. The molecule has 0 spiro atoms. The van der Waals surface area contributed by atoms with Crippen molar-refractivity contribution >= 4 is 5.97 Å². The van der Waals surface area contributed by atoms with Gasteiger partial charge in [0.15, 0.2) is 0 Å². The maximum Gasteiger partial charge on any atom is 0.300 e. The summed E-state index contributed by atoms with van der Waals surface area (Å²) in [5.41, 5.74) is 0. The van der Waals surface area contributed by atoms with Crippen molar-refractivity contribution in [2.45, 2.75) is 6.92 Å². The topological polar surface area (TPSA) is 37.3 Å². The number of carboxylic acid groups (broad SMARTS) is 1. The van der Waals surface area contributed by atoms with Gasteiger partial charge in [0.25, 0.3) is 5.97 Å². The maximum absolute atomic E-state index is 9.00. The second kappa shape index (κ2) is 8.98. The number of terminal acetylenes is 1. The molecule has 0 rings (SSSR count). The monoisotopic (exact) mass is 87.0 g/mol. The van der Waals surface area contributed by atoms with Gasteiger partial charge < -0.3 is 5.11 Å². The van der Waals surface area contributed by atoms with Crippen LogP contribution in [-0.4, -0.2) is 11.1 Å². The average molecular weight is 87.1 g/mol. The molecule has 0 atom stereocenters. The first-order valence-corrected chi connectivity index (χ1v) is 1.22. The molecule has 0 aromatic heterocycles. The number of rotatable bonds is 0. The quantitative estimate of drug-likeness (QED) is 0.432. The molecule has 2 heteroatoms. The number of hydrogen-bond donors (Lipinski definition) is 1. The zero-order valence-electron chi connectivity index (χ0n) is 4.43. The lowest BCUT2D eigenvalue weighted by Gasteiger charge is -1.59. The highest BCUT2D eigenvalue weighted by Gasteiger charge is 1.65. The smallest absolute Gasteiger partial charge is 0.300 e. The fourth-order valence-electron chi connectivity index (χ4n) is 0. The molecule has 0 saturated carbocycles. The van der Waals surface area contributed by atoms with E-state index >= 15 is 0 Å². The van der Waals surface area contributed by atoms with E-state index in [-0.39, 0.29) is 0 Å². The summed E-state index contributed by atoms with van der Waals surface area (Å²) < 4.78 is 5.74. The molecule has 0 radical (unpaired) electrons. The largest absolute Gasteiger partial charge is 0.481 e. The van der Waals surface area contributed by atoms with Gasteiger partial charge in [0.2, 0.25) is 0 Å². The van der Waals surface area contributed by atoms with Crippen LogP contribution in [-0.2, 0) is 4.79 Å². The highest BCUT2D eigenvalue weighted by Crippen LogP contribution is 1.42. The third kappa shape index (κ3) is 13.3. The minimum absolute atomic E-state index is 0.833. The Morgan fingerprint density at radius 1 is 2.17 bits per heavy atom. The Hall–Kier alpha value is -0.970. The number of carboxylic acids is 1. The third-order valence-electron chi connectivity index (χ3n) is 0. The standard InChI is InChI=1S/C2H4O2.C2H2/c1-2(3)4;1-2/h1H3,(H,3,4);1-2H/i;1D. The van der Waals surface area contributed by atoms with E-state index in [4.69, 9.17) is 11.3 Å². The highest BCUT2D eigenvalue weighted by atomic mass is 16.4. The molecule has 0 aromatic rings. The van der Waals surface area contributed by atoms with E-state index in [1.165, 1.54) is 6.40 Å². The van der Waals surface area contributed by atoms with E-state index in [1.54, 1.807) is 0 Å². The van der Waals surface area contributed by atoms with Gasteiger partial charge in [0, 0.05) is 6.92 Å². The van der Waals surface area contributed by atoms with E-state index in [2.05, 4.69) is 6.42 Å². The van der Waals surface area contributed by atoms with Crippen LogP contribution in [0.2, 0.25) is 0 Å². The molecule has 1 N–H and O–H groups in total. The van der Waals surface area contributed by atoms with Crippen molar-refractivity contribution in [1.29, 1.82) is 0 Å². The predicted octanol–water partition coefficient (Wildman–Crippen LogP) is 0.340. The van der Waals surface area contributed by atoms with E-state index in [0.717, 1.165) is 6.92 Å². The molecule has 0 fully saturated rings. The maximum atomic E-state index is 9.00. The van der Waals surface area contributed by atoms with Crippen LogP contribution in [0.1, 0.15) is 8.29 Å². The van der Waals surface area contributed by atoms with Crippen molar-refractivity contribution in [3.8, 4) is 12.8 Å². The van der Waals surface area contributed by atoms with Crippen molar-refractivity contribution in [3.63, 3.8) is 0 Å². The van der Waals surface area contributed by atoms with Gasteiger partial charge in [-0.2, -0.15) is 0 Å². The normalized spacial score (nSPS) is 5.67. The number of aliphatic carboxylic acids is 1. The molecule has 0 saturated heterocycles. The lowest BCUT2D eigenvalue weighted by molar-refractivity contribution is -0.134. The van der Waals surface area contributed by atoms with Crippen LogP contribution in [0.5, 0.6) is 0 Å². The summed E-state index contributed by atoms with van der Waals surface area (Å²) in [5, 5.41) is 7.42. The van der Waals surface area contributed by atoms with Crippen LogP contribution in [0.15, 0.2) is 0 Å². The molecule has 2 nitrogen and oxygen atoms in total. The Balaban J connectivity index is 0. The van der Waals surface area contributed by atoms with Crippen molar-refractivity contribution in [1.82, 2.24) is 0 Å². The van der Waals surface area contributed by atoms with Crippen LogP contribution < -0.4 is 0 Å². The summed E-state index contributed by atoms with van der Waals surface area (Å²) in [6.07, 6.45) is 5.76. The van der Waals surface area contributed by atoms with Crippen LogP contribution >= 0.6 is 0 Å². The van der Waals surface area contributed by atoms with E-state index in [0.29, 0.717) is 0 Å². The number of carbonyl (C=O) groups is 1. The van der Waals surface area contributed by atoms with E-state index in [9.17, 15) is 0 Å².